The Labute approximate surface area is 458 Å². The number of nitrogens with one attached hydrogen (secondary N) is 6. The molecular formula is C54H64F2N10O14. The lowest BCUT2D eigenvalue weighted by Crippen LogP contribution is -2.58. The van der Waals surface area contributed by atoms with Gasteiger partial charge in [0.2, 0.25) is 41.4 Å². The number of carboxylic acid groups (broad SMARTS) is 1. The summed E-state index contributed by atoms with van der Waals surface area (Å²) in [6.45, 7) is 8.63. The highest BCUT2D eigenvalue weighted by Crippen LogP contribution is 2.41. The first-order valence-corrected chi connectivity index (χ1v) is 24.8. The molecule has 1 aromatic heterocycles. The molecule has 0 saturated carbocycles. The maximum Gasteiger partial charge on any atom is 0.407 e. The zero-order valence-electron chi connectivity index (χ0n) is 44.1. The van der Waals surface area contributed by atoms with Gasteiger partial charge in [-0.3, -0.25) is 52.8 Å². The van der Waals surface area contributed by atoms with Crippen LogP contribution in [-0.4, -0.2) is 154 Å². The predicted molar refractivity (Wildman–Crippen MR) is 283 cm³/mol. The van der Waals surface area contributed by atoms with Gasteiger partial charge in [0, 0.05) is 61.3 Å². The summed E-state index contributed by atoms with van der Waals surface area (Å²) in [4.78, 5) is 144. The van der Waals surface area contributed by atoms with Crippen molar-refractivity contribution >= 4 is 65.2 Å². The van der Waals surface area contributed by atoms with E-state index in [2.05, 4.69) is 45.1 Å². The summed E-state index contributed by atoms with van der Waals surface area (Å²) in [6.07, 6.45) is 4.23. The van der Waals surface area contributed by atoms with E-state index in [1.54, 1.807) is 55.8 Å². The summed E-state index contributed by atoms with van der Waals surface area (Å²) in [6, 6.07) is 6.83. The number of ether oxygens (including phenoxy) is 1. The molecule has 2 heterocycles. The molecule has 80 heavy (non-hydrogen) atoms. The Hall–Kier alpha value is -9.33. The number of primary amides is 1. The summed E-state index contributed by atoms with van der Waals surface area (Å²) in [5, 5.41) is 33.9. The Morgan fingerprint density at radius 1 is 0.812 bits per heavy atom. The highest BCUT2D eigenvalue weighted by atomic mass is 19.1. The number of hydrogen-bond acceptors (Lipinski definition) is 13. The lowest BCUT2D eigenvalue weighted by atomic mass is 9.82. The molecule has 4 rings (SSSR count). The summed E-state index contributed by atoms with van der Waals surface area (Å²) in [5.41, 5.74) is 6.24. The molecule has 2 aromatic carbocycles. The number of carbonyl (C=O) groups is 11. The molecule has 1 aliphatic heterocycles. The zero-order valence-corrected chi connectivity index (χ0v) is 44.1. The number of nitrogens with zero attached hydrogens (tertiary/aromatic N) is 3. The molecule has 0 spiro atoms. The number of aliphatic hydroxyl groups excluding tert-OH is 1. The maximum atomic E-state index is 15.4. The minimum absolute atomic E-state index is 0.101. The smallest absolute Gasteiger partial charge is 0.407 e. The number of benzene rings is 2. The fraction of sp³-hybridized carbons (Fsp3) is 0.352. The number of rotatable bonds is 30. The second-order valence-corrected chi connectivity index (χ2v) is 19.1. The zero-order chi connectivity index (χ0) is 59.3. The first-order valence-electron chi connectivity index (χ1n) is 24.8. The fourth-order valence-corrected chi connectivity index (χ4v) is 8.20. The van der Waals surface area contributed by atoms with Gasteiger partial charge in [-0.25, -0.2) is 13.6 Å². The second-order valence-electron chi connectivity index (χ2n) is 19.1. The first-order chi connectivity index (χ1) is 37.8. The molecule has 26 heteroatoms. The van der Waals surface area contributed by atoms with Crippen molar-refractivity contribution in [3.05, 3.63) is 133 Å². The van der Waals surface area contributed by atoms with E-state index >= 15 is 4.39 Å². The van der Waals surface area contributed by atoms with Crippen molar-refractivity contribution in [1.82, 2.24) is 46.3 Å². The molecule has 0 bridgehead atoms. The van der Waals surface area contributed by atoms with Gasteiger partial charge < -0.3 is 62.1 Å². The van der Waals surface area contributed by atoms with Crippen LogP contribution in [0.4, 0.5) is 13.6 Å². The monoisotopic (exact) mass is 1110 g/mol. The topological polar surface area (TPSA) is 347 Å². The predicted octanol–water partition coefficient (Wildman–Crippen LogP) is 0.766. The summed E-state index contributed by atoms with van der Waals surface area (Å²) in [5.74, 6) is -12.0. The number of aromatic nitrogens is 1. The molecule has 0 radical (unpaired) electrons. The van der Waals surface area contributed by atoms with Crippen LogP contribution in [0.3, 0.4) is 0 Å². The van der Waals surface area contributed by atoms with Crippen molar-refractivity contribution in [1.29, 1.82) is 0 Å². The molecular weight excluding hydrogens is 1050 g/mol. The van der Waals surface area contributed by atoms with Gasteiger partial charge in [0.25, 0.3) is 11.8 Å². The van der Waals surface area contributed by atoms with E-state index in [0.717, 1.165) is 35.9 Å². The van der Waals surface area contributed by atoms with E-state index in [-0.39, 0.29) is 37.4 Å². The van der Waals surface area contributed by atoms with Crippen LogP contribution in [-0.2, 0) is 59.2 Å². The van der Waals surface area contributed by atoms with Gasteiger partial charge in [-0.15, -0.1) is 0 Å². The number of nitrogens with two attached hydrogens (primary N) is 1. The van der Waals surface area contributed by atoms with Gasteiger partial charge >= 0.3 is 12.1 Å². The number of carboxylic acids is 1. The van der Waals surface area contributed by atoms with Crippen LogP contribution in [0.15, 0.2) is 110 Å². The number of halogens is 2. The molecule has 10 N–H and O–H groups in total. The van der Waals surface area contributed by atoms with E-state index in [4.69, 9.17) is 10.5 Å². The minimum atomic E-state index is -1.97. The molecule has 428 valence electrons. The standard InChI is InChI=1S/C54H64F2N10O14/c1-6-11-32(7-2)31-80-53(79)60-26-43(69)61-40(25-48(74)75)52(78)63-39(24-42(57)68)51(77)62-38(50(76)59-20-19-58-44(70)29-66-45(71)16-17-46(66)72)18-21-65(47(73)30-67)49(54(3,4)5)41-22-34(36-23-35(55)14-15-37(36)56)28-64(41)27-33-12-9-8-10-13-33/h6-17,22-23,28,38-40,49,67H,1-2,18-21,24-27,29-31H2,3-5H3,(H2,57,68)(H,58,70)(H,59,76)(H,60,79)(H,61,69)(H,62,77)(H,63,78)(H,74,75)/b32-11+. The Balaban J connectivity index is 1.67. The molecule has 0 fully saturated rings. The van der Waals surface area contributed by atoms with Gasteiger partial charge in [-0.2, -0.15) is 0 Å². The average Bonchev–Trinajstić information content (AvgIpc) is 3.97. The van der Waals surface area contributed by atoms with Crippen LogP contribution >= 0.6 is 0 Å². The molecule has 0 saturated heterocycles. The van der Waals surface area contributed by atoms with Crippen LogP contribution in [0.25, 0.3) is 11.1 Å². The van der Waals surface area contributed by atoms with Crippen molar-refractivity contribution in [2.45, 2.75) is 70.7 Å². The number of carbonyl (C=O) groups excluding carboxylic acids is 10. The van der Waals surface area contributed by atoms with Gasteiger partial charge in [0.15, 0.2) is 0 Å². The fourth-order valence-electron chi connectivity index (χ4n) is 8.20. The van der Waals surface area contributed by atoms with Crippen molar-refractivity contribution < 1.29 is 76.5 Å². The number of hydrogen-bond donors (Lipinski definition) is 9. The lowest BCUT2D eigenvalue weighted by molar-refractivity contribution is -0.141. The van der Waals surface area contributed by atoms with Gasteiger partial charge in [0.1, 0.15) is 56.1 Å². The molecule has 10 amide bonds. The lowest BCUT2D eigenvalue weighted by Gasteiger charge is -2.41. The molecule has 4 unspecified atom stereocenters. The van der Waals surface area contributed by atoms with Crippen LogP contribution < -0.4 is 37.6 Å². The maximum absolute atomic E-state index is 15.4. The van der Waals surface area contributed by atoms with E-state index < -0.39 is 152 Å². The second kappa shape index (κ2) is 30.0. The number of imide groups is 1. The Kier molecular flexibility index (Phi) is 23.7. The highest BCUT2D eigenvalue weighted by molar-refractivity contribution is 6.14. The first kappa shape index (κ1) is 63.2. The Bertz CT molecular complexity index is 2880. The van der Waals surface area contributed by atoms with Crippen molar-refractivity contribution in [3.63, 3.8) is 0 Å². The largest absolute Gasteiger partial charge is 0.481 e. The average molecular weight is 1120 g/mol. The number of aliphatic hydroxyl groups is 1. The molecule has 24 nitrogen and oxygen atoms in total. The molecule has 3 aromatic rings. The number of amides is 10. The third-order valence-electron chi connectivity index (χ3n) is 11.9. The highest BCUT2D eigenvalue weighted by Gasteiger charge is 2.39. The summed E-state index contributed by atoms with van der Waals surface area (Å²) < 4.78 is 36.7. The van der Waals surface area contributed by atoms with E-state index in [1.807, 2.05) is 12.1 Å². The van der Waals surface area contributed by atoms with Crippen LogP contribution in [0.1, 0.15) is 57.3 Å². The Morgan fingerprint density at radius 3 is 2.05 bits per heavy atom. The van der Waals surface area contributed by atoms with Gasteiger partial charge in [0.05, 0.1) is 18.9 Å². The van der Waals surface area contributed by atoms with Gasteiger partial charge in [-0.05, 0) is 47.2 Å². The third kappa shape index (κ3) is 19.3. The number of allylic oxidation sites excluding steroid dienone is 2. The molecule has 4 atom stereocenters. The van der Waals surface area contributed by atoms with Crippen molar-refractivity contribution in [3.8, 4) is 11.1 Å². The van der Waals surface area contributed by atoms with Gasteiger partial charge in [-0.1, -0.05) is 82.5 Å². The quantitative estimate of drug-likeness (QED) is 0.0253. The van der Waals surface area contributed by atoms with Crippen LogP contribution in [0.5, 0.6) is 0 Å². The minimum Gasteiger partial charge on any atom is -0.481 e. The number of alkyl carbamates (subject to hydrolysis) is 1. The van der Waals surface area contributed by atoms with E-state index in [9.17, 15) is 67.3 Å². The summed E-state index contributed by atoms with van der Waals surface area (Å²) in [7, 11) is 0. The SMILES string of the molecule is C=C/C=C(\C=C)COC(=O)NCC(=O)NC(CC(=O)O)C(=O)NC(CC(N)=O)C(=O)NC(CCN(C(=O)CO)C(c1cc(-c2cc(F)ccc2F)cn1Cc1ccccc1)C(C)(C)C)C(=O)NCCNC(=O)CN1C(=O)C=CC1=O. The van der Waals surface area contributed by atoms with Crippen molar-refractivity contribution in [2.24, 2.45) is 11.1 Å². The number of aliphatic carboxylic acids is 1. The Morgan fingerprint density at radius 2 is 1.45 bits per heavy atom. The van der Waals surface area contributed by atoms with E-state index in [0.29, 0.717) is 16.2 Å². The van der Waals surface area contributed by atoms with E-state index in [1.165, 1.54) is 23.1 Å². The molecule has 0 aliphatic carbocycles. The third-order valence-corrected chi connectivity index (χ3v) is 11.9. The normalized spacial score (nSPS) is 13.7. The molecule has 1 aliphatic rings. The van der Waals surface area contributed by atoms with Crippen LogP contribution in [0, 0.1) is 17.0 Å². The van der Waals surface area contributed by atoms with Crippen LogP contribution in [0.2, 0.25) is 0 Å². The van der Waals surface area contributed by atoms with Crippen molar-refractivity contribution in [2.75, 3.05) is 45.9 Å². The summed E-state index contributed by atoms with van der Waals surface area (Å²) >= 11 is 0.